The normalized spacial score (nSPS) is 26.8. The zero-order valence-electron chi connectivity index (χ0n) is 11.6. The van der Waals surface area contributed by atoms with Crippen LogP contribution in [-0.2, 0) is 6.42 Å². The summed E-state index contributed by atoms with van der Waals surface area (Å²) in [5, 5.41) is 0.0286. The highest BCUT2D eigenvalue weighted by Gasteiger charge is 2.30. The summed E-state index contributed by atoms with van der Waals surface area (Å²) in [5.74, 6) is -0.128. The third kappa shape index (κ3) is 3.73. The monoisotopic (exact) mass is 364 g/mol. The van der Waals surface area contributed by atoms with E-state index in [1.807, 2.05) is 0 Å². The van der Waals surface area contributed by atoms with Crippen molar-refractivity contribution in [2.24, 2.45) is 11.8 Å². The van der Waals surface area contributed by atoms with Gasteiger partial charge in [-0.15, -0.1) is 11.6 Å². The quantitative estimate of drug-likeness (QED) is 0.447. The van der Waals surface area contributed by atoms with Crippen LogP contribution in [0.3, 0.4) is 0 Å². The van der Waals surface area contributed by atoms with E-state index in [0.717, 1.165) is 25.7 Å². The van der Waals surface area contributed by atoms with E-state index < -0.39 is 11.6 Å². The van der Waals surface area contributed by atoms with Gasteiger partial charge in [0.05, 0.1) is 4.47 Å². The third-order valence-corrected chi connectivity index (χ3v) is 5.49. The van der Waals surface area contributed by atoms with Gasteiger partial charge in [-0.05, 0) is 65.6 Å². The molecule has 20 heavy (non-hydrogen) atoms. The van der Waals surface area contributed by atoms with Gasteiger partial charge in [-0.3, -0.25) is 0 Å². The molecule has 2 rings (SSSR count). The second-order valence-electron chi connectivity index (χ2n) is 5.77. The molecule has 1 aliphatic carbocycles. The highest BCUT2D eigenvalue weighted by Crippen LogP contribution is 2.38. The molecule has 0 N–H and O–H groups in total. The predicted molar refractivity (Wildman–Crippen MR) is 83.1 cm³/mol. The fraction of sp³-hybridized carbons (Fsp3) is 0.625. The lowest BCUT2D eigenvalue weighted by Crippen LogP contribution is -2.27. The van der Waals surface area contributed by atoms with Gasteiger partial charge < -0.3 is 0 Å². The second kappa shape index (κ2) is 7.22. The molecule has 3 atom stereocenters. The molecule has 0 nitrogen and oxygen atoms in total. The van der Waals surface area contributed by atoms with Gasteiger partial charge >= 0.3 is 0 Å². The first-order chi connectivity index (χ1) is 9.52. The molecule has 3 unspecified atom stereocenters. The Balaban J connectivity index is 2.13. The molecule has 0 saturated heterocycles. The van der Waals surface area contributed by atoms with Crippen molar-refractivity contribution >= 4 is 27.5 Å². The first-order valence-corrected chi connectivity index (χ1v) is 8.52. The topological polar surface area (TPSA) is 0 Å². The predicted octanol–water partition coefficient (Wildman–Crippen LogP) is 6.09. The van der Waals surface area contributed by atoms with Crippen molar-refractivity contribution in [1.82, 2.24) is 0 Å². The molecule has 1 saturated carbocycles. The van der Waals surface area contributed by atoms with Crippen molar-refractivity contribution in [3.05, 3.63) is 33.8 Å². The van der Waals surface area contributed by atoms with Gasteiger partial charge in [0.15, 0.2) is 0 Å². The second-order valence-corrected chi connectivity index (χ2v) is 7.18. The third-order valence-electron chi connectivity index (χ3n) is 4.30. The minimum absolute atomic E-state index is 0.0286. The van der Waals surface area contributed by atoms with Crippen LogP contribution in [0.25, 0.3) is 0 Å². The van der Waals surface area contributed by atoms with Gasteiger partial charge in [0.1, 0.15) is 11.6 Å². The van der Waals surface area contributed by atoms with Crippen molar-refractivity contribution in [3.8, 4) is 0 Å². The summed E-state index contributed by atoms with van der Waals surface area (Å²) in [6.07, 6.45) is 5.81. The van der Waals surface area contributed by atoms with E-state index in [0.29, 0.717) is 16.8 Å². The molecule has 0 radical (unpaired) electrons. The highest BCUT2D eigenvalue weighted by molar-refractivity contribution is 9.10. The molecule has 0 bridgehead atoms. The molecular weight excluding hydrogens is 346 g/mol. The molecule has 112 valence electrons. The van der Waals surface area contributed by atoms with E-state index in [9.17, 15) is 8.78 Å². The molecule has 0 aliphatic heterocycles. The van der Waals surface area contributed by atoms with Crippen LogP contribution in [0.5, 0.6) is 0 Å². The van der Waals surface area contributed by atoms with Gasteiger partial charge in [0, 0.05) is 10.9 Å². The van der Waals surface area contributed by atoms with Crippen molar-refractivity contribution in [1.29, 1.82) is 0 Å². The Kier molecular flexibility index (Phi) is 5.85. The fourth-order valence-electron chi connectivity index (χ4n) is 3.22. The molecule has 0 heterocycles. The standard InChI is InChI=1S/C16H20BrClF2/c1-2-3-10-4-6-14(18)11(8-10)9-12-15(19)7-5-13(17)16(12)20/h5,7,10-11,14H,2-4,6,8-9H2,1H3. The molecule has 1 aliphatic rings. The van der Waals surface area contributed by atoms with E-state index in [1.54, 1.807) is 0 Å². The summed E-state index contributed by atoms with van der Waals surface area (Å²) < 4.78 is 28.2. The maximum atomic E-state index is 14.1. The Morgan fingerprint density at radius 3 is 2.75 bits per heavy atom. The van der Waals surface area contributed by atoms with E-state index in [4.69, 9.17) is 11.6 Å². The summed E-state index contributed by atoms with van der Waals surface area (Å²) in [6, 6.07) is 2.73. The molecule has 4 heteroatoms. The lowest BCUT2D eigenvalue weighted by atomic mass is 9.76. The molecular formula is C16H20BrClF2. The van der Waals surface area contributed by atoms with Crippen LogP contribution in [0.2, 0.25) is 0 Å². The van der Waals surface area contributed by atoms with E-state index in [2.05, 4.69) is 22.9 Å². The summed E-state index contributed by atoms with van der Waals surface area (Å²) in [5.41, 5.74) is 0.173. The van der Waals surface area contributed by atoms with Crippen LogP contribution in [0, 0.1) is 23.5 Å². The first-order valence-electron chi connectivity index (χ1n) is 7.29. The Morgan fingerprint density at radius 2 is 2.05 bits per heavy atom. The highest BCUT2D eigenvalue weighted by atomic mass is 79.9. The number of hydrogen-bond acceptors (Lipinski definition) is 0. The van der Waals surface area contributed by atoms with Gasteiger partial charge in [-0.1, -0.05) is 19.8 Å². The van der Waals surface area contributed by atoms with Crippen LogP contribution in [-0.4, -0.2) is 5.38 Å². The maximum Gasteiger partial charge on any atom is 0.143 e. The minimum atomic E-state index is -0.480. The Morgan fingerprint density at radius 1 is 1.30 bits per heavy atom. The Bertz CT molecular complexity index is 464. The van der Waals surface area contributed by atoms with Crippen molar-refractivity contribution in [3.63, 3.8) is 0 Å². The summed E-state index contributed by atoms with van der Waals surface area (Å²) >= 11 is 9.51. The van der Waals surface area contributed by atoms with Gasteiger partial charge in [0.25, 0.3) is 0 Å². The zero-order chi connectivity index (χ0) is 14.7. The number of hydrogen-bond donors (Lipinski definition) is 0. The molecule has 0 aromatic heterocycles. The average Bonchev–Trinajstić information content (AvgIpc) is 2.43. The van der Waals surface area contributed by atoms with E-state index >= 15 is 0 Å². The van der Waals surface area contributed by atoms with Crippen LogP contribution in [0.15, 0.2) is 16.6 Å². The van der Waals surface area contributed by atoms with E-state index in [-0.39, 0.29) is 16.9 Å². The minimum Gasteiger partial charge on any atom is -0.207 e. The number of alkyl halides is 1. The summed E-state index contributed by atoms with van der Waals surface area (Å²) in [6.45, 7) is 2.18. The maximum absolute atomic E-state index is 14.1. The smallest absolute Gasteiger partial charge is 0.143 e. The largest absolute Gasteiger partial charge is 0.207 e. The SMILES string of the molecule is CCCC1CCC(Cl)C(Cc2c(F)ccc(Br)c2F)C1. The van der Waals surface area contributed by atoms with Crippen LogP contribution in [0.1, 0.15) is 44.6 Å². The van der Waals surface area contributed by atoms with Gasteiger partial charge in [0.2, 0.25) is 0 Å². The van der Waals surface area contributed by atoms with Gasteiger partial charge in [-0.2, -0.15) is 0 Å². The van der Waals surface area contributed by atoms with Crippen molar-refractivity contribution in [2.75, 3.05) is 0 Å². The molecule has 1 fully saturated rings. The van der Waals surface area contributed by atoms with Crippen molar-refractivity contribution in [2.45, 2.75) is 50.8 Å². The molecule has 1 aromatic rings. The molecule has 1 aromatic carbocycles. The van der Waals surface area contributed by atoms with Crippen LogP contribution >= 0.6 is 27.5 Å². The average molecular weight is 366 g/mol. The first kappa shape index (κ1) is 16.2. The lowest BCUT2D eigenvalue weighted by molar-refractivity contribution is 0.254. The Hall–Kier alpha value is -0.150. The van der Waals surface area contributed by atoms with Crippen LogP contribution < -0.4 is 0 Å². The molecule has 0 amide bonds. The number of halogens is 4. The molecule has 0 spiro atoms. The van der Waals surface area contributed by atoms with E-state index in [1.165, 1.54) is 18.6 Å². The van der Waals surface area contributed by atoms with Gasteiger partial charge in [-0.25, -0.2) is 8.78 Å². The van der Waals surface area contributed by atoms with Crippen LogP contribution in [0.4, 0.5) is 8.78 Å². The Labute approximate surface area is 133 Å². The fourth-order valence-corrected chi connectivity index (χ4v) is 3.91. The number of benzene rings is 1. The summed E-state index contributed by atoms with van der Waals surface area (Å²) in [4.78, 5) is 0. The lowest BCUT2D eigenvalue weighted by Gasteiger charge is -2.33. The zero-order valence-corrected chi connectivity index (χ0v) is 14.0. The van der Waals surface area contributed by atoms with Crippen molar-refractivity contribution < 1.29 is 8.78 Å². The number of rotatable bonds is 4. The summed E-state index contributed by atoms with van der Waals surface area (Å²) in [7, 11) is 0.